The van der Waals surface area contributed by atoms with Gasteiger partial charge in [0.25, 0.3) is 0 Å². The Morgan fingerprint density at radius 2 is 1.88 bits per heavy atom. The summed E-state index contributed by atoms with van der Waals surface area (Å²) in [6.45, 7) is 4.19. The van der Waals surface area contributed by atoms with Crippen LogP contribution >= 0.6 is 24.8 Å². The SMILES string of the molecule is Cl.Cl.NC1CCCC(C(=O)N2CCN(Cc3cccc(O)c3)CC2)C1. The molecule has 1 heterocycles. The summed E-state index contributed by atoms with van der Waals surface area (Å²) >= 11 is 0. The zero-order valence-corrected chi connectivity index (χ0v) is 16.1. The molecule has 1 saturated carbocycles. The molecule has 25 heavy (non-hydrogen) atoms. The number of carbonyl (C=O) groups is 1. The van der Waals surface area contributed by atoms with Crippen LogP contribution in [0.3, 0.4) is 0 Å². The fourth-order valence-corrected chi connectivity index (χ4v) is 3.75. The first kappa shape index (κ1) is 22.0. The largest absolute Gasteiger partial charge is 0.508 e. The molecule has 2 aliphatic rings. The van der Waals surface area contributed by atoms with Crippen LogP contribution in [0.5, 0.6) is 5.75 Å². The van der Waals surface area contributed by atoms with Gasteiger partial charge in [0.2, 0.25) is 5.91 Å². The topological polar surface area (TPSA) is 69.8 Å². The molecule has 1 aliphatic carbocycles. The molecule has 1 aromatic rings. The number of phenolic OH excluding ortho intramolecular Hbond substituents is 1. The Morgan fingerprint density at radius 1 is 1.16 bits per heavy atom. The van der Waals surface area contributed by atoms with Crippen molar-refractivity contribution in [3.05, 3.63) is 29.8 Å². The van der Waals surface area contributed by atoms with Gasteiger partial charge in [0, 0.05) is 44.7 Å². The van der Waals surface area contributed by atoms with E-state index in [1.54, 1.807) is 12.1 Å². The summed E-state index contributed by atoms with van der Waals surface area (Å²) in [5.74, 6) is 0.749. The van der Waals surface area contributed by atoms with Crippen molar-refractivity contribution < 1.29 is 9.90 Å². The second-order valence-electron chi connectivity index (χ2n) is 6.89. The van der Waals surface area contributed by atoms with E-state index < -0.39 is 0 Å². The molecule has 0 spiro atoms. The smallest absolute Gasteiger partial charge is 0.225 e. The molecule has 2 fully saturated rings. The quantitative estimate of drug-likeness (QED) is 0.832. The first-order valence-corrected chi connectivity index (χ1v) is 8.66. The first-order valence-electron chi connectivity index (χ1n) is 8.66. The molecule has 3 N–H and O–H groups in total. The van der Waals surface area contributed by atoms with Crippen LogP contribution in [0.2, 0.25) is 0 Å². The maximum atomic E-state index is 12.6. The van der Waals surface area contributed by atoms with Crippen molar-refractivity contribution in [3.63, 3.8) is 0 Å². The first-order chi connectivity index (χ1) is 11.1. The normalized spacial score (nSPS) is 24.1. The van der Waals surface area contributed by atoms with Gasteiger partial charge in [0.15, 0.2) is 0 Å². The lowest BCUT2D eigenvalue weighted by Crippen LogP contribution is -2.50. The van der Waals surface area contributed by atoms with Crippen LogP contribution in [0.4, 0.5) is 0 Å². The van der Waals surface area contributed by atoms with E-state index in [4.69, 9.17) is 5.73 Å². The van der Waals surface area contributed by atoms with E-state index in [0.29, 0.717) is 11.7 Å². The van der Waals surface area contributed by atoms with Gasteiger partial charge in [-0.05, 0) is 37.0 Å². The van der Waals surface area contributed by atoms with E-state index >= 15 is 0 Å². The third-order valence-electron chi connectivity index (χ3n) is 5.06. The van der Waals surface area contributed by atoms with Crippen LogP contribution in [0.15, 0.2) is 24.3 Å². The molecule has 1 aromatic carbocycles. The molecule has 5 nitrogen and oxygen atoms in total. The van der Waals surface area contributed by atoms with Crippen molar-refractivity contribution in [2.75, 3.05) is 26.2 Å². The van der Waals surface area contributed by atoms with Crippen molar-refractivity contribution in [1.29, 1.82) is 0 Å². The molecule has 7 heteroatoms. The van der Waals surface area contributed by atoms with Crippen LogP contribution in [0.25, 0.3) is 0 Å². The second-order valence-corrected chi connectivity index (χ2v) is 6.89. The number of piperazine rings is 1. The highest BCUT2D eigenvalue weighted by Gasteiger charge is 2.30. The maximum absolute atomic E-state index is 12.6. The van der Waals surface area contributed by atoms with Crippen molar-refractivity contribution in [1.82, 2.24) is 9.80 Å². The number of benzene rings is 1. The van der Waals surface area contributed by atoms with Crippen molar-refractivity contribution in [2.45, 2.75) is 38.3 Å². The van der Waals surface area contributed by atoms with E-state index in [0.717, 1.165) is 64.0 Å². The molecular formula is C18H29Cl2N3O2. The van der Waals surface area contributed by atoms with E-state index in [9.17, 15) is 9.90 Å². The molecule has 0 radical (unpaired) electrons. The van der Waals surface area contributed by atoms with Crippen LogP contribution in [-0.4, -0.2) is 53.0 Å². The van der Waals surface area contributed by atoms with Gasteiger partial charge in [-0.2, -0.15) is 0 Å². The van der Waals surface area contributed by atoms with Gasteiger partial charge in [-0.15, -0.1) is 24.8 Å². The third-order valence-corrected chi connectivity index (χ3v) is 5.06. The van der Waals surface area contributed by atoms with Crippen LogP contribution in [0.1, 0.15) is 31.2 Å². The molecule has 2 unspecified atom stereocenters. The molecule has 1 amide bonds. The van der Waals surface area contributed by atoms with Gasteiger partial charge in [-0.1, -0.05) is 18.6 Å². The van der Waals surface area contributed by atoms with E-state index in [-0.39, 0.29) is 36.8 Å². The molecule has 142 valence electrons. The van der Waals surface area contributed by atoms with Gasteiger partial charge in [-0.25, -0.2) is 0 Å². The zero-order valence-electron chi connectivity index (χ0n) is 14.5. The molecule has 0 bridgehead atoms. The number of nitrogens with zero attached hydrogens (tertiary/aromatic N) is 2. The van der Waals surface area contributed by atoms with Crippen molar-refractivity contribution in [2.24, 2.45) is 11.7 Å². The number of phenols is 1. The number of halogens is 2. The monoisotopic (exact) mass is 389 g/mol. The lowest BCUT2D eigenvalue weighted by molar-refractivity contribution is -0.138. The lowest BCUT2D eigenvalue weighted by Gasteiger charge is -2.37. The summed E-state index contributed by atoms with van der Waals surface area (Å²) in [5, 5.41) is 9.54. The minimum Gasteiger partial charge on any atom is -0.508 e. The summed E-state index contributed by atoms with van der Waals surface area (Å²) in [7, 11) is 0. The zero-order chi connectivity index (χ0) is 16.2. The summed E-state index contributed by atoms with van der Waals surface area (Å²) in [6.07, 6.45) is 3.98. The Morgan fingerprint density at radius 3 is 2.52 bits per heavy atom. The van der Waals surface area contributed by atoms with Gasteiger partial charge in [-0.3, -0.25) is 9.69 Å². The van der Waals surface area contributed by atoms with Gasteiger partial charge < -0.3 is 15.7 Å². The lowest BCUT2D eigenvalue weighted by atomic mass is 9.85. The molecular weight excluding hydrogens is 361 g/mol. The molecule has 2 atom stereocenters. The summed E-state index contributed by atoms with van der Waals surface area (Å²) in [5.41, 5.74) is 7.13. The molecule has 3 rings (SSSR count). The minimum atomic E-state index is 0. The molecule has 0 aromatic heterocycles. The number of amides is 1. The Labute approximate surface area is 162 Å². The van der Waals surface area contributed by atoms with Gasteiger partial charge in [0.05, 0.1) is 0 Å². The van der Waals surface area contributed by atoms with Crippen molar-refractivity contribution in [3.8, 4) is 5.75 Å². The minimum absolute atomic E-state index is 0. The third kappa shape index (κ3) is 6.03. The Bertz CT molecular complexity index is 551. The highest BCUT2D eigenvalue weighted by molar-refractivity contribution is 5.85. The standard InChI is InChI=1S/C18H27N3O2.2ClH/c19-16-5-2-4-15(12-16)18(23)21-9-7-20(8-10-21)13-14-3-1-6-17(22)11-14;;/h1,3,6,11,15-16,22H,2,4-5,7-10,12-13,19H2;2*1H. The Kier molecular flexibility index (Phi) is 9.00. The molecule has 1 saturated heterocycles. The maximum Gasteiger partial charge on any atom is 0.225 e. The predicted octanol–water partition coefficient (Wildman–Crippen LogP) is 2.40. The van der Waals surface area contributed by atoms with Gasteiger partial charge in [0.1, 0.15) is 5.75 Å². The number of hydrogen-bond donors (Lipinski definition) is 2. The highest BCUT2D eigenvalue weighted by atomic mass is 35.5. The van der Waals surface area contributed by atoms with Crippen LogP contribution in [0, 0.1) is 5.92 Å². The van der Waals surface area contributed by atoms with E-state index in [1.165, 1.54) is 0 Å². The number of hydrogen-bond acceptors (Lipinski definition) is 4. The molecule has 1 aliphatic heterocycles. The number of aromatic hydroxyl groups is 1. The van der Waals surface area contributed by atoms with E-state index in [1.807, 2.05) is 17.0 Å². The van der Waals surface area contributed by atoms with Gasteiger partial charge >= 0.3 is 0 Å². The fourth-order valence-electron chi connectivity index (χ4n) is 3.75. The van der Waals surface area contributed by atoms with Crippen LogP contribution < -0.4 is 5.73 Å². The number of nitrogens with two attached hydrogens (primary N) is 1. The summed E-state index contributed by atoms with van der Waals surface area (Å²) in [6, 6.07) is 7.60. The number of rotatable bonds is 3. The Hall–Kier alpha value is -1.01. The second kappa shape index (κ2) is 10.2. The predicted molar refractivity (Wildman–Crippen MR) is 104 cm³/mol. The highest BCUT2D eigenvalue weighted by Crippen LogP contribution is 2.25. The fraction of sp³-hybridized carbons (Fsp3) is 0.611. The Balaban J connectivity index is 0.00000156. The van der Waals surface area contributed by atoms with Crippen molar-refractivity contribution >= 4 is 30.7 Å². The summed E-state index contributed by atoms with van der Waals surface area (Å²) < 4.78 is 0. The van der Waals surface area contributed by atoms with E-state index in [2.05, 4.69) is 4.90 Å². The number of carbonyl (C=O) groups excluding carboxylic acids is 1. The average molecular weight is 390 g/mol. The average Bonchev–Trinajstić information content (AvgIpc) is 2.55. The van der Waals surface area contributed by atoms with Crippen LogP contribution in [-0.2, 0) is 11.3 Å². The summed E-state index contributed by atoms with van der Waals surface area (Å²) in [4.78, 5) is 17.0.